The van der Waals surface area contributed by atoms with Crippen molar-refractivity contribution in [3.63, 3.8) is 0 Å². The maximum absolute atomic E-state index is 2.76. The quantitative estimate of drug-likeness (QED) is 0.164. The smallest absolute Gasteiger partial charge is 0.252 e. The third kappa shape index (κ3) is 5.40. The van der Waals surface area contributed by atoms with E-state index in [1.54, 1.807) is 0 Å². The van der Waals surface area contributed by atoms with Crippen molar-refractivity contribution < 1.29 is 0 Å². The van der Waals surface area contributed by atoms with Gasteiger partial charge < -0.3 is 14.7 Å². The Morgan fingerprint density at radius 1 is 0.507 bits per heavy atom. The van der Waals surface area contributed by atoms with Crippen molar-refractivity contribution in [2.45, 2.75) is 83.6 Å². The second-order valence-corrected chi connectivity index (χ2v) is 23.4. The van der Waals surface area contributed by atoms with Gasteiger partial charge in [-0.3, -0.25) is 0 Å². The van der Waals surface area contributed by atoms with E-state index in [2.05, 4.69) is 214 Å². The molecule has 0 bridgehead atoms. The third-order valence-corrected chi connectivity index (χ3v) is 18.9. The van der Waals surface area contributed by atoms with Crippen LogP contribution < -0.4 is 31.1 Å². The molecule has 67 heavy (non-hydrogen) atoms. The highest BCUT2D eigenvalue weighted by molar-refractivity contribution is 7.26. The fourth-order valence-electron chi connectivity index (χ4n) is 13.1. The first-order valence-electron chi connectivity index (χ1n) is 24.2. The van der Waals surface area contributed by atoms with E-state index in [1.807, 2.05) is 22.7 Å². The minimum atomic E-state index is -0.0513. The van der Waals surface area contributed by atoms with Gasteiger partial charge in [0.1, 0.15) is 0 Å². The van der Waals surface area contributed by atoms with Crippen molar-refractivity contribution in [2.24, 2.45) is 0 Å². The normalized spacial score (nSPS) is 19.6. The van der Waals surface area contributed by atoms with E-state index in [9.17, 15) is 0 Å². The van der Waals surface area contributed by atoms with Crippen LogP contribution in [0.3, 0.4) is 0 Å². The largest absolute Gasteiger partial charge is 0.334 e. The van der Waals surface area contributed by atoms with E-state index in [-0.39, 0.29) is 23.1 Å². The Balaban J connectivity index is 1.07. The molecule has 0 amide bonds. The van der Waals surface area contributed by atoms with Crippen molar-refractivity contribution in [3.8, 4) is 0 Å². The molecule has 0 saturated heterocycles. The Kier molecular flexibility index (Phi) is 8.24. The highest BCUT2D eigenvalue weighted by atomic mass is 32.1. The van der Waals surface area contributed by atoms with E-state index in [4.69, 9.17) is 0 Å². The number of benzene rings is 8. The summed E-state index contributed by atoms with van der Waals surface area (Å²) < 4.78 is 5.30. The molecule has 4 aliphatic rings. The average Bonchev–Trinajstić information content (AvgIpc) is 3.97. The van der Waals surface area contributed by atoms with E-state index in [0.717, 1.165) is 0 Å². The molecule has 1 fully saturated rings. The van der Waals surface area contributed by atoms with Crippen LogP contribution in [0.1, 0.15) is 77.0 Å². The Hall–Kier alpha value is -6.34. The lowest BCUT2D eigenvalue weighted by Crippen LogP contribution is -2.61. The molecule has 3 aliphatic heterocycles. The lowest BCUT2D eigenvalue weighted by molar-refractivity contribution is 0.195. The second-order valence-electron chi connectivity index (χ2n) is 21.3. The van der Waals surface area contributed by atoms with Gasteiger partial charge in [0.05, 0.1) is 15.9 Å². The number of thiophene rings is 2. The van der Waals surface area contributed by atoms with Crippen molar-refractivity contribution in [1.29, 1.82) is 0 Å². The molecule has 10 aromatic rings. The predicted octanol–water partition coefficient (Wildman–Crippen LogP) is 15.9. The van der Waals surface area contributed by atoms with Gasteiger partial charge in [0.25, 0.3) is 6.71 Å². The zero-order valence-electron chi connectivity index (χ0n) is 39.1. The van der Waals surface area contributed by atoms with Gasteiger partial charge in [-0.2, -0.15) is 0 Å². The first-order valence-corrected chi connectivity index (χ1v) is 25.9. The summed E-state index contributed by atoms with van der Waals surface area (Å²) in [4.78, 5) is 8.03. The molecule has 1 aliphatic carbocycles. The summed E-state index contributed by atoms with van der Waals surface area (Å²) in [6.07, 6.45) is 4.90. The lowest BCUT2D eigenvalue weighted by atomic mass is 9.33. The van der Waals surface area contributed by atoms with Crippen LogP contribution in [0.25, 0.3) is 40.3 Å². The van der Waals surface area contributed by atoms with E-state index in [1.165, 1.54) is 145 Å². The molecule has 326 valence electrons. The summed E-state index contributed by atoms with van der Waals surface area (Å²) in [7, 11) is 0. The van der Waals surface area contributed by atoms with E-state index >= 15 is 0 Å². The van der Waals surface area contributed by atoms with Crippen LogP contribution in [0.5, 0.6) is 0 Å². The van der Waals surface area contributed by atoms with Gasteiger partial charge in [0, 0.05) is 80.9 Å². The van der Waals surface area contributed by atoms with Crippen LogP contribution in [-0.2, 0) is 10.8 Å². The molecule has 0 radical (unpaired) electrons. The number of nitrogens with zero attached hydrogens (tertiary/aromatic N) is 3. The number of hydrogen-bond donors (Lipinski definition) is 0. The maximum Gasteiger partial charge on any atom is 0.252 e. The maximum atomic E-state index is 2.76. The van der Waals surface area contributed by atoms with Crippen molar-refractivity contribution >= 4 is 132 Å². The van der Waals surface area contributed by atoms with Crippen LogP contribution in [0, 0.1) is 6.92 Å². The SMILES string of the molecule is Cc1cc2c3c(c1)N(c1cccc4c1sc1ccccc14)c1cc(N4c5ccccc5C5(C)CCCCC45C)ccc1B3c1cc(C(C)(C)C)ccc1N2c1ccc2sc3ccccc3c2c1. The molecule has 0 N–H and O–H groups in total. The topological polar surface area (TPSA) is 9.72 Å². The number of fused-ring (bicyclic) bond motifs is 13. The van der Waals surface area contributed by atoms with Crippen molar-refractivity contribution in [3.05, 3.63) is 174 Å². The first-order chi connectivity index (χ1) is 32.5. The van der Waals surface area contributed by atoms with Crippen molar-refractivity contribution in [2.75, 3.05) is 14.7 Å². The molecule has 8 aromatic carbocycles. The summed E-state index contributed by atoms with van der Waals surface area (Å²) in [6.45, 7) is 14.5. The van der Waals surface area contributed by atoms with Crippen LogP contribution >= 0.6 is 22.7 Å². The Morgan fingerprint density at radius 3 is 2.00 bits per heavy atom. The predicted molar refractivity (Wildman–Crippen MR) is 292 cm³/mol. The molecule has 5 heterocycles. The Labute approximate surface area is 402 Å². The van der Waals surface area contributed by atoms with E-state index in [0.29, 0.717) is 0 Å². The zero-order chi connectivity index (χ0) is 45.1. The van der Waals surface area contributed by atoms with Gasteiger partial charge in [-0.1, -0.05) is 125 Å². The van der Waals surface area contributed by atoms with Gasteiger partial charge in [-0.15, -0.1) is 22.7 Å². The molecule has 6 heteroatoms. The average molecular weight is 902 g/mol. The Morgan fingerprint density at radius 2 is 1.18 bits per heavy atom. The van der Waals surface area contributed by atoms with Gasteiger partial charge in [-0.05, 0) is 138 Å². The third-order valence-electron chi connectivity index (χ3n) is 16.6. The molecule has 2 atom stereocenters. The number of anilines is 8. The minimum absolute atomic E-state index is 0.0215. The number of rotatable bonds is 3. The molecule has 2 unspecified atom stereocenters. The van der Waals surface area contributed by atoms with Crippen LogP contribution in [-0.4, -0.2) is 12.3 Å². The Bertz CT molecular complexity index is 3740. The van der Waals surface area contributed by atoms with Gasteiger partial charge in [-0.25, -0.2) is 0 Å². The molecular formula is C61H52BN3S2. The summed E-state index contributed by atoms with van der Waals surface area (Å²) in [5, 5.41) is 5.28. The molecule has 0 spiro atoms. The minimum Gasteiger partial charge on any atom is -0.334 e. The second kappa shape index (κ2) is 13.9. The molecule has 14 rings (SSSR count). The number of aryl methyl sites for hydroxylation is 1. The standard InChI is InChI=1S/C61H52BN3S2/c1-37-32-52-57-53(33-37)64(50-21-15-18-43-41-16-7-12-23-55(41)67-58(43)50)51-36-40(65-48-20-10-9-19-45(48)60(5)30-13-14-31-61(60,65)6)25-27-46(51)62(57)47-34-38(59(2,3)4)24-28-49(47)63(52)39-26-29-56-44(35-39)42-17-8-11-22-54(42)66-56/h7-12,15-29,32-36H,13-14,30-31H2,1-6H3. The first kappa shape index (κ1) is 39.8. The van der Waals surface area contributed by atoms with Gasteiger partial charge in [0.15, 0.2) is 0 Å². The molecule has 2 aromatic heterocycles. The summed E-state index contributed by atoms with van der Waals surface area (Å²) in [5.41, 5.74) is 18.3. The van der Waals surface area contributed by atoms with Crippen LogP contribution in [0.4, 0.5) is 45.5 Å². The van der Waals surface area contributed by atoms with Crippen LogP contribution in [0.15, 0.2) is 158 Å². The molecule has 3 nitrogen and oxygen atoms in total. The summed E-state index contributed by atoms with van der Waals surface area (Å²) in [5.74, 6) is 0. The fraction of sp³-hybridized carbons (Fsp3) is 0.213. The molecular weight excluding hydrogens is 850 g/mol. The molecule has 1 saturated carbocycles. The summed E-state index contributed by atoms with van der Waals surface area (Å²) in [6, 6.07) is 61.3. The van der Waals surface area contributed by atoms with Gasteiger partial charge >= 0.3 is 0 Å². The van der Waals surface area contributed by atoms with E-state index < -0.39 is 0 Å². The van der Waals surface area contributed by atoms with Crippen LogP contribution in [0.2, 0.25) is 0 Å². The van der Waals surface area contributed by atoms with Crippen molar-refractivity contribution in [1.82, 2.24) is 0 Å². The van der Waals surface area contributed by atoms with Gasteiger partial charge in [0.2, 0.25) is 0 Å². The number of hydrogen-bond acceptors (Lipinski definition) is 5. The number of para-hydroxylation sites is 1. The highest BCUT2D eigenvalue weighted by Crippen LogP contribution is 2.61. The zero-order valence-corrected chi connectivity index (χ0v) is 40.7. The fourth-order valence-corrected chi connectivity index (χ4v) is 15.4. The highest BCUT2D eigenvalue weighted by Gasteiger charge is 2.58. The lowest BCUT2D eigenvalue weighted by Gasteiger charge is -2.50. The monoisotopic (exact) mass is 901 g/mol. The summed E-state index contributed by atoms with van der Waals surface area (Å²) >= 11 is 3.81.